The second-order valence-electron chi connectivity index (χ2n) is 14.1. The number of ether oxygens (including phenoxy) is 1. The Kier molecular flexibility index (Phi) is 12.0. The molecule has 0 spiro atoms. The Morgan fingerprint density at radius 2 is 1.74 bits per heavy atom. The van der Waals surface area contributed by atoms with Crippen molar-refractivity contribution in [2.75, 3.05) is 30.3 Å². The van der Waals surface area contributed by atoms with E-state index >= 15 is 0 Å². The fourth-order valence-corrected chi connectivity index (χ4v) is 6.85. The summed E-state index contributed by atoms with van der Waals surface area (Å²) in [7, 11) is 0. The summed E-state index contributed by atoms with van der Waals surface area (Å²) in [6.07, 6.45) is 7.20. The monoisotopic (exact) mass is 733 g/mol. The molecule has 0 bridgehead atoms. The molecule has 0 saturated carbocycles. The lowest BCUT2D eigenvalue weighted by atomic mass is 9.94. The number of carbonyl (C=O) groups is 3. The summed E-state index contributed by atoms with van der Waals surface area (Å²) >= 11 is 0. The van der Waals surface area contributed by atoms with Crippen LogP contribution in [-0.4, -0.2) is 68.8 Å². The van der Waals surface area contributed by atoms with E-state index in [2.05, 4.69) is 38.0 Å². The van der Waals surface area contributed by atoms with Crippen LogP contribution in [0.2, 0.25) is 0 Å². The number of likely N-dealkylation sites (tertiary alicyclic amines) is 1. The molecule has 6 rings (SSSR count). The Hall–Kier alpha value is -4.98. The average molecular weight is 734 g/mol. The summed E-state index contributed by atoms with van der Waals surface area (Å²) < 4.78 is 47.3. The standard InChI is InChI=1S/C39H46F3N7O4/c1-25(2)53-33-22-35-45-31(23-49(35)24-32(33)46-37(51)29-9-7-10-34(44-29)39(40,41)42)27-17-20-48(21-18-27)19-6-4-3-5-8-26-11-13-28(14-12-26)43-30-15-16-36(50)47-38(30)52/h7,9-14,22-25,27,30,43H,3-6,8,15-21H2,1-2H3,(H,46,51)(H,47,50,52). The van der Waals surface area contributed by atoms with Gasteiger partial charge in [0, 0.05) is 36.5 Å². The van der Waals surface area contributed by atoms with Crippen LogP contribution in [0.3, 0.4) is 0 Å². The summed E-state index contributed by atoms with van der Waals surface area (Å²) in [5, 5.41) is 8.28. The van der Waals surface area contributed by atoms with Gasteiger partial charge < -0.3 is 24.7 Å². The van der Waals surface area contributed by atoms with Gasteiger partial charge in [-0.1, -0.05) is 31.0 Å². The predicted octanol–water partition coefficient (Wildman–Crippen LogP) is 6.99. The van der Waals surface area contributed by atoms with Crippen molar-refractivity contribution in [2.45, 2.75) is 95.9 Å². The van der Waals surface area contributed by atoms with Gasteiger partial charge in [-0.05, 0) is 102 Å². The smallest absolute Gasteiger partial charge is 0.433 e. The molecule has 3 N–H and O–H groups in total. The number of piperidine rings is 2. The van der Waals surface area contributed by atoms with E-state index in [4.69, 9.17) is 9.72 Å². The first kappa shape index (κ1) is 37.8. The number of anilines is 2. The summed E-state index contributed by atoms with van der Waals surface area (Å²) in [5.41, 5.74) is 2.60. The number of alkyl halides is 3. The number of fused-ring (bicyclic) bond motifs is 1. The zero-order valence-corrected chi connectivity index (χ0v) is 30.0. The van der Waals surface area contributed by atoms with Crippen molar-refractivity contribution in [3.05, 3.63) is 83.6 Å². The highest BCUT2D eigenvalue weighted by Gasteiger charge is 2.33. The number of unbranched alkanes of at least 4 members (excludes halogenated alkanes) is 3. The van der Waals surface area contributed by atoms with Gasteiger partial charge in [-0.25, -0.2) is 9.97 Å². The average Bonchev–Trinajstić information content (AvgIpc) is 3.54. The van der Waals surface area contributed by atoms with E-state index in [1.165, 1.54) is 18.1 Å². The van der Waals surface area contributed by atoms with Crippen LogP contribution in [0.5, 0.6) is 5.75 Å². The van der Waals surface area contributed by atoms with Gasteiger partial charge in [-0.2, -0.15) is 13.2 Å². The topological polar surface area (TPSA) is 130 Å². The molecule has 2 aliphatic heterocycles. The summed E-state index contributed by atoms with van der Waals surface area (Å²) in [6.45, 7) is 6.75. The highest BCUT2D eigenvalue weighted by Crippen LogP contribution is 2.33. The van der Waals surface area contributed by atoms with Crippen LogP contribution in [0.15, 0.2) is 60.9 Å². The number of hydrogen-bond donors (Lipinski definition) is 3. The third-order valence-corrected chi connectivity index (χ3v) is 9.69. The van der Waals surface area contributed by atoms with Gasteiger partial charge in [-0.15, -0.1) is 0 Å². The number of nitrogens with zero attached hydrogens (tertiary/aromatic N) is 4. The van der Waals surface area contributed by atoms with Gasteiger partial charge in [0.15, 0.2) is 0 Å². The third-order valence-electron chi connectivity index (χ3n) is 9.69. The molecule has 1 atom stereocenters. The van der Waals surface area contributed by atoms with E-state index < -0.39 is 17.8 Å². The van der Waals surface area contributed by atoms with E-state index in [1.54, 1.807) is 12.3 Å². The van der Waals surface area contributed by atoms with Crippen LogP contribution in [0.25, 0.3) is 5.65 Å². The van der Waals surface area contributed by atoms with Crippen LogP contribution in [-0.2, 0) is 22.2 Å². The number of imidazole rings is 1. The molecule has 282 valence electrons. The SMILES string of the molecule is CC(C)Oc1cc2nc(C3CCN(CCCCCCc4ccc(NC5CCC(=O)NC5=O)cc4)CC3)cn2cc1NC(=O)c1cccc(C(F)(F)F)n1. The quantitative estimate of drug-likeness (QED) is 0.0935. The van der Waals surface area contributed by atoms with Crippen LogP contribution in [0, 0.1) is 0 Å². The number of halogens is 3. The predicted molar refractivity (Wildman–Crippen MR) is 195 cm³/mol. The number of carbonyl (C=O) groups excluding carboxylic acids is 3. The first-order chi connectivity index (χ1) is 25.4. The summed E-state index contributed by atoms with van der Waals surface area (Å²) in [5.74, 6) is -0.595. The first-order valence-corrected chi connectivity index (χ1v) is 18.4. The van der Waals surface area contributed by atoms with Gasteiger partial charge in [0.1, 0.15) is 34.5 Å². The maximum absolute atomic E-state index is 13.2. The molecular formula is C39H46F3N7O4. The molecule has 5 heterocycles. The van der Waals surface area contributed by atoms with E-state index in [9.17, 15) is 27.6 Å². The van der Waals surface area contributed by atoms with Gasteiger partial charge in [0.25, 0.3) is 5.91 Å². The number of rotatable bonds is 14. The maximum atomic E-state index is 13.2. The number of nitrogens with one attached hydrogen (secondary N) is 3. The molecule has 3 aromatic heterocycles. The van der Waals surface area contributed by atoms with Crippen molar-refractivity contribution >= 4 is 34.7 Å². The summed E-state index contributed by atoms with van der Waals surface area (Å²) in [6, 6.07) is 12.8. The second kappa shape index (κ2) is 16.8. The number of hydrogen-bond acceptors (Lipinski definition) is 8. The normalized spacial score (nSPS) is 17.3. The van der Waals surface area contributed by atoms with Crippen molar-refractivity contribution in [1.82, 2.24) is 24.6 Å². The molecule has 0 radical (unpaired) electrons. The molecule has 1 aromatic carbocycles. The molecule has 53 heavy (non-hydrogen) atoms. The van der Waals surface area contributed by atoms with Gasteiger partial charge in [0.05, 0.1) is 11.8 Å². The largest absolute Gasteiger partial charge is 0.489 e. The summed E-state index contributed by atoms with van der Waals surface area (Å²) in [4.78, 5) is 47.2. The van der Waals surface area contributed by atoms with Gasteiger partial charge in [-0.3, -0.25) is 19.7 Å². The number of pyridine rings is 2. The van der Waals surface area contributed by atoms with E-state index in [1.807, 2.05) is 36.6 Å². The lowest BCUT2D eigenvalue weighted by Crippen LogP contribution is -2.47. The number of benzene rings is 1. The minimum absolute atomic E-state index is 0.214. The van der Waals surface area contributed by atoms with Crippen molar-refractivity contribution in [1.29, 1.82) is 0 Å². The zero-order chi connectivity index (χ0) is 37.5. The number of imide groups is 1. The van der Waals surface area contributed by atoms with Crippen molar-refractivity contribution in [3.8, 4) is 5.75 Å². The lowest BCUT2D eigenvalue weighted by molar-refractivity contribution is -0.141. The first-order valence-electron chi connectivity index (χ1n) is 18.4. The fraction of sp³-hybridized carbons (Fsp3) is 0.462. The number of amides is 3. The van der Waals surface area contributed by atoms with E-state index in [0.717, 1.165) is 81.7 Å². The molecule has 1 unspecified atom stereocenters. The van der Waals surface area contributed by atoms with Crippen molar-refractivity contribution in [2.24, 2.45) is 0 Å². The highest BCUT2D eigenvalue weighted by atomic mass is 19.4. The second-order valence-corrected chi connectivity index (χ2v) is 14.1. The van der Waals surface area contributed by atoms with E-state index in [-0.39, 0.29) is 29.7 Å². The molecule has 3 amide bonds. The molecule has 0 aliphatic carbocycles. The maximum Gasteiger partial charge on any atom is 0.433 e. The van der Waals surface area contributed by atoms with Gasteiger partial charge in [0.2, 0.25) is 11.8 Å². The molecule has 11 nitrogen and oxygen atoms in total. The zero-order valence-electron chi connectivity index (χ0n) is 30.0. The van der Waals surface area contributed by atoms with Gasteiger partial charge >= 0.3 is 6.18 Å². The Labute approximate surface area is 306 Å². The van der Waals surface area contributed by atoms with Crippen molar-refractivity contribution < 1.29 is 32.3 Å². The minimum Gasteiger partial charge on any atom is -0.489 e. The number of aryl methyl sites for hydroxylation is 1. The van der Waals surface area contributed by atoms with E-state index in [0.29, 0.717) is 35.8 Å². The molecule has 2 saturated heterocycles. The van der Waals surface area contributed by atoms with Crippen LogP contribution >= 0.6 is 0 Å². The highest BCUT2D eigenvalue weighted by molar-refractivity contribution is 6.04. The molecule has 2 fully saturated rings. The number of aromatic nitrogens is 3. The lowest BCUT2D eigenvalue weighted by Gasteiger charge is -2.31. The molecule has 4 aromatic rings. The van der Waals surface area contributed by atoms with Crippen LogP contribution < -0.4 is 20.7 Å². The molecule has 2 aliphatic rings. The Balaban J connectivity index is 0.945. The Morgan fingerprint density at radius 1 is 0.981 bits per heavy atom. The van der Waals surface area contributed by atoms with Crippen LogP contribution in [0.4, 0.5) is 24.5 Å². The Morgan fingerprint density at radius 3 is 2.45 bits per heavy atom. The fourth-order valence-electron chi connectivity index (χ4n) is 6.85. The third kappa shape index (κ3) is 10.1. The minimum atomic E-state index is -4.66. The van der Waals surface area contributed by atoms with Crippen LogP contribution in [0.1, 0.15) is 98.6 Å². The van der Waals surface area contributed by atoms with Crippen molar-refractivity contribution in [3.63, 3.8) is 0 Å². The Bertz CT molecular complexity index is 1900. The molecular weight excluding hydrogens is 687 g/mol. The molecule has 14 heteroatoms.